The number of aryl methyl sites for hydroxylation is 1. The first-order chi connectivity index (χ1) is 11.5. The van der Waals surface area contributed by atoms with Crippen LogP contribution in [0.25, 0.3) is 0 Å². The topological polar surface area (TPSA) is 86.7 Å². The van der Waals surface area contributed by atoms with E-state index in [-0.39, 0.29) is 11.2 Å². The number of hydrogen-bond acceptors (Lipinski definition) is 5. The van der Waals surface area contributed by atoms with Gasteiger partial charge in [0.25, 0.3) is 5.56 Å². The van der Waals surface area contributed by atoms with Gasteiger partial charge in [0.15, 0.2) is 0 Å². The largest absolute Gasteiger partial charge is 0.332 e. The van der Waals surface area contributed by atoms with Crippen molar-refractivity contribution in [2.24, 2.45) is 14.1 Å². The number of fused-ring (bicyclic) bond motifs is 2. The van der Waals surface area contributed by atoms with Crippen molar-refractivity contribution in [2.45, 2.75) is 13.0 Å². The predicted octanol–water partition coefficient (Wildman–Crippen LogP) is 0.679. The summed E-state index contributed by atoms with van der Waals surface area (Å²) in [5.74, 6) is 0.950. The predicted molar refractivity (Wildman–Crippen MR) is 88.6 cm³/mol. The lowest BCUT2D eigenvalue weighted by molar-refractivity contribution is 0.558. The summed E-state index contributed by atoms with van der Waals surface area (Å²) >= 11 is 0. The average Bonchev–Trinajstić information content (AvgIpc) is 3.05. The van der Waals surface area contributed by atoms with Gasteiger partial charge in [0, 0.05) is 14.1 Å². The van der Waals surface area contributed by atoms with Gasteiger partial charge in [-0.3, -0.25) is 13.9 Å². The smallest absolute Gasteiger partial charge is 0.310 e. The van der Waals surface area contributed by atoms with Crippen molar-refractivity contribution in [1.82, 2.24) is 23.9 Å². The Bertz CT molecular complexity index is 1060. The second-order valence-electron chi connectivity index (χ2n) is 5.93. The number of benzene rings is 1. The van der Waals surface area contributed by atoms with Crippen molar-refractivity contribution in [1.29, 1.82) is 0 Å². The Morgan fingerprint density at radius 3 is 2.50 bits per heavy atom. The van der Waals surface area contributed by atoms with Crippen LogP contribution in [0.3, 0.4) is 0 Å². The summed E-state index contributed by atoms with van der Waals surface area (Å²) in [5.41, 5.74) is 1.78. The number of nitrogens with one attached hydrogen (secondary N) is 1. The van der Waals surface area contributed by atoms with Crippen molar-refractivity contribution in [3.63, 3.8) is 0 Å². The molecule has 2 aromatic heterocycles. The van der Waals surface area contributed by atoms with Crippen LogP contribution >= 0.6 is 0 Å². The van der Waals surface area contributed by atoms with Crippen LogP contribution in [-0.4, -0.2) is 23.9 Å². The molecule has 0 spiro atoms. The lowest BCUT2D eigenvalue weighted by atomic mass is 9.98. The number of rotatable bonds is 1. The fraction of sp³-hybridized carbons (Fsp3) is 0.250. The van der Waals surface area contributed by atoms with E-state index in [1.807, 2.05) is 31.2 Å². The van der Waals surface area contributed by atoms with Crippen molar-refractivity contribution in [3.05, 3.63) is 68.1 Å². The van der Waals surface area contributed by atoms with E-state index in [9.17, 15) is 9.59 Å². The van der Waals surface area contributed by atoms with Gasteiger partial charge in [-0.2, -0.15) is 10.1 Å². The van der Waals surface area contributed by atoms with E-state index in [0.29, 0.717) is 17.3 Å². The van der Waals surface area contributed by atoms with Gasteiger partial charge in [-0.05, 0) is 12.5 Å². The molecule has 0 radical (unpaired) electrons. The third kappa shape index (κ3) is 1.86. The van der Waals surface area contributed by atoms with Gasteiger partial charge < -0.3 is 5.32 Å². The van der Waals surface area contributed by atoms with Gasteiger partial charge in [0.05, 0.1) is 5.56 Å². The van der Waals surface area contributed by atoms with Gasteiger partial charge in [0.2, 0.25) is 5.95 Å². The van der Waals surface area contributed by atoms with Crippen molar-refractivity contribution < 1.29 is 0 Å². The maximum absolute atomic E-state index is 12.8. The number of aromatic nitrogens is 5. The third-order valence-corrected chi connectivity index (χ3v) is 4.41. The molecule has 8 nitrogen and oxygen atoms in total. The molecule has 24 heavy (non-hydrogen) atoms. The van der Waals surface area contributed by atoms with Gasteiger partial charge >= 0.3 is 5.69 Å². The molecule has 3 aromatic rings. The first kappa shape index (κ1) is 14.4. The van der Waals surface area contributed by atoms with Gasteiger partial charge in [-0.1, -0.05) is 29.8 Å². The van der Waals surface area contributed by atoms with Crippen LogP contribution < -0.4 is 16.6 Å². The van der Waals surface area contributed by atoms with Gasteiger partial charge in [-0.15, -0.1) is 0 Å². The second kappa shape index (κ2) is 4.92. The summed E-state index contributed by atoms with van der Waals surface area (Å²) in [7, 11) is 3.11. The summed E-state index contributed by atoms with van der Waals surface area (Å²) in [6, 6.07) is 7.46. The first-order valence-electron chi connectivity index (χ1n) is 7.52. The molecule has 0 bridgehead atoms. The van der Waals surface area contributed by atoms with Crippen molar-refractivity contribution in [3.8, 4) is 0 Å². The summed E-state index contributed by atoms with van der Waals surface area (Å²) in [6.07, 6.45) is 1.43. The van der Waals surface area contributed by atoms with E-state index in [1.54, 1.807) is 11.7 Å². The molecule has 1 atom stereocenters. The van der Waals surface area contributed by atoms with Crippen LogP contribution in [0.1, 0.15) is 22.7 Å². The van der Waals surface area contributed by atoms with Crippen LogP contribution in [0.15, 0.2) is 40.2 Å². The minimum absolute atomic E-state index is 0.340. The molecule has 122 valence electrons. The standard InChI is InChI=1S/C16H16N6O2/c1-9-4-6-10(7-5-9)12-11-13(19-15-17-8-18-22(12)15)20(2)16(24)21(3)14(11)23/h4-8,12H,1-3H3,(H,17,18,19). The quantitative estimate of drug-likeness (QED) is 0.556. The highest BCUT2D eigenvalue weighted by atomic mass is 16.2. The van der Waals surface area contributed by atoms with Gasteiger partial charge in [-0.25, -0.2) is 9.48 Å². The summed E-state index contributed by atoms with van der Waals surface area (Å²) in [6.45, 7) is 2.00. The normalized spacial score (nSPS) is 15.5. The Morgan fingerprint density at radius 1 is 1.08 bits per heavy atom. The Morgan fingerprint density at radius 2 is 1.79 bits per heavy atom. The van der Waals surface area contributed by atoms with Crippen molar-refractivity contribution >= 4 is 11.8 Å². The number of hydrogen-bond donors (Lipinski definition) is 1. The fourth-order valence-corrected chi connectivity index (χ4v) is 3.08. The maximum atomic E-state index is 12.8. The zero-order valence-corrected chi connectivity index (χ0v) is 13.5. The van der Waals surface area contributed by atoms with Crippen LogP contribution in [-0.2, 0) is 14.1 Å². The summed E-state index contributed by atoms with van der Waals surface area (Å²) in [5, 5.41) is 7.31. The number of anilines is 2. The van der Waals surface area contributed by atoms with Crippen LogP contribution in [0, 0.1) is 6.92 Å². The minimum Gasteiger partial charge on any atom is -0.310 e. The zero-order valence-electron chi connectivity index (χ0n) is 13.5. The second-order valence-corrected chi connectivity index (χ2v) is 5.93. The third-order valence-electron chi connectivity index (χ3n) is 4.41. The van der Waals surface area contributed by atoms with Crippen LogP contribution in [0.2, 0.25) is 0 Å². The van der Waals surface area contributed by atoms with Gasteiger partial charge in [0.1, 0.15) is 18.2 Å². The molecule has 1 aliphatic heterocycles. The molecule has 8 heteroatoms. The van der Waals surface area contributed by atoms with E-state index < -0.39 is 6.04 Å². The molecule has 0 aliphatic carbocycles. The average molecular weight is 324 g/mol. The Balaban J connectivity index is 2.08. The molecule has 3 heterocycles. The number of nitrogens with zero attached hydrogens (tertiary/aromatic N) is 5. The van der Waals surface area contributed by atoms with Crippen LogP contribution in [0.5, 0.6) is 0 Å². The molecule has 1 unspecified atom stereocenters. The fourth-order valence-electron chi connectivity index (χ4n) is 3.08. The Kier molecular flexibility index (Phi) is 2.96. The minimum atomic E-state index is -0.440. The molecule has 0 saturated heterocycles. The molecule has 0 amide bonds. The van der Waals surface area contributed by atoms with Crippen molar-refractivity contribution in [2.75, 3.05) is 5.32 Å². The van der Waals surface area contributed by atoms with E-state index >= 15 is 0 Å². The lowest BCUT2D eigenvalue weighted by Gasteiger charge is -2.28. The summed E-state index contributed by atoms with van der Waals surface area (Å²) < 4.78 is 4.21. The molecule has 1 N–H and O–H groups in total. The Hall–Kier alpha value is -3.16. The van der Waals surface area contributed by atoms with E-state index in [1.165, 1.54) is 17.9 Å². The molecule has 4 rings (SSSR count). The first-order valence-corrected chi connectivity index (χ1v) is 7.52. The molecule has 0 saturated carbocycles. The molecule has 1 aromatic carbocycles. The molecule has 1 aliphatic rings. The van der Waals surface area contributed by atoms with E-state index in [2.05, 4.69) is 15.4 Å². The molecule has 0 fully saturated rings. The van der Waals surface area contributed by atoms with Crippen LogP contribution in [0.4, 0.5) is 11.8 Å². The maximum Gasteiger partial charge on any atom is 0.332 e. The lowest BCUT2D eigenvalue weighted by Crippen LogP contribution is -2.43. The monoisotopic (exact) mass is 324 g/mol. The highest BCUT2D eigenvalue weighted by Crippen LogP contribution is 2.35. The summed E-state index contributed by atoms with van der Waals surface area (Å²) in [4.78, 5) is 29.2. The highest BCUT2D eigenvalue weighted by Gasteiger charge is 2.33. The molecular weight excluding hydrogens is 308 g/mol. The SMILES string of the molecule is Cc1ccc(C2c3c(n(C)c(=O)n(C)c3=O)Nc3ncnn32)cc1. The Labute approximate surface area is 137 Å². The van der Waals surface area contributed by atoms with E-state index in [4.69, 9.17) is 0 Å². The highest BCUT2D eigenvalue weighted by molar-refractivity contribution is 5.60. The molecular formula is C16H16N6O2. The van der Waals surface area contributed by atoms with E-state index in [0.717, 1.165) is 15.7 Å². The zero-order chi connectivity index (χ0) is 17.0.